The minimum atomic E-state index is -0.359. The average molecular weight is 496 g/mol. The molecule has 0 bridgehead atoms. The Bertz CT molecular complexity index is 1000. The van der Waals surface area contributed by atoms with Crippen molar-refractivity contribution >= 4 is 17.7 Å². The lowest BCUT2D eigenvalue weighted by Crippen LogP contribution is -2.52. The Hall–Kier alpha value is -2.93. The van der Waals surface area contributed by atoms with Crippen molar-refractivity contribution in [3.05, 3.63) is 65.5 Å². The third kappa shape index (κ3) is 6.64. The maximum Gasteiger partial charge on any atom is 0.338 e. The fourth-order valence-corrected chi connectivity index (χ4v) is 5.53. The van der Waals surface area contributed by atoms with Crippen LogP contribution in [0.2, 0.25) is 0 Å². The Kier molecular flexibility index (Phi) is 8.97. The van der Waals surface area contributed by atoms with Crippen LogP contribution in [0, 0.1) is 11.7 Å². The number of halogens is 1. The summed E-state index contributed by atoms with van der Waals surface area (Å²) < 4.78 is 18.3. The average Bonchev–Trinajstić information content (AvgIpc) is 2.90. The minimum Gasteiger partial charge on any atom is -0.462 e. The topological polar surface area (TPSA) is 61.9 Å². The van der Waals surface area contributed by atoms with E-state index in [4.69, 9.17) is 4.74 Å². The summed E-state index contributed by atoms with van der Waals surface area (Å²) in [7, 11) is 0. The second-order valence-corrected chi connectivity index (χ2v) is 10.0. The van der Waals surface area contributed by atoms with Crippen LogP contribution in [0.3, 0.4) is 0 Å². The summed E-state index contributed by atoms with van der Waals surface area (Å²) in [6, 6.07) is 13.9. The molecule has 4 rings (SSSR count). The molecule has 2 aliphatic heterocycles. The van der Waals surface area contributed by atoms with Crippen LogP contribution in [-0.2, 0) is 4.74 Å². The number of carbonyl (C=O) groups is 2. The predicted octanol–water partition coefficient (Wildman–Crippen LogP) is 5.90. The van der Waals surface area contributed by atoms with Gasteiger partial charge in [0, 0.05) is 24.8 Å². The zero-order chi connectivity index (χ0) is 25.5. The van der Waals surface area contributed by atoms with Gasteiger partial charge in [-0.15, -0.1) is 0 Å². The van der Waals surface area contributed by atoms with Gasteiger partial charge >= 0.3 is 12.0 Å². The van der Waals surface area contributed by atoms with E-state index in [1.165, 1.54) is 5.56 Å². The summed E-state index contributed by atoms with van der Waals surface area (Å²) in [6.45, 7) is 8.06. The number of hydrogen-bond donors (Lipinski definition) is 1. The molecule has 1 N–H and O–H groups in total. The number of rotatable bonds is 7. The third-order valence-corrected chi connectivity index (χ3v) is 7.74. The number of amides is 2. The first-order valence-corrected chi connectivity index (χ1v) is 13.3. The molecule has 2 atom stereocenters. The van der Waals surface area contributed by atoms with Gasteiger partial charge in [-0.05, 0) is 106 Å². The molecule has 0 spiro atoms. The Morgan fingerprint density at radius 1 is 1.00 bits per heavy atom. The molecule has 2 fully saturated rings. The summed E-state index contributed by atoms with van der Waals surface area (Å²) in [5, 5.41) is 3.01. The number of esters is 1. The van der Waals surface area contributed by atoms with Crippen LogP contribution in [0.1, 0.15) is 67.8 Å². The number of carbonyl (C=O) groups excluding carboxylic acids is 2. The molecule has 2 saturated heterocycles. The van der Waals surface area contributed by atoms with Crippen LogP contribution < -0.4 is 5.32 Å². The van der Waals surface area contributed by atoms with Crippen molar-refractivity contribution in [2.24, 2.45) is 5.92 Å². The molecule has 0 radical (unpaired) electrons. The van der Waals surface area contributed by atoms with Crippen LogP contribution >= 0.6 is 0 Å². The molecule has 194 valence electrons. The van der Waals surface area contributed by atoms with Gasteiger partial charge in [-0.2, -0.15) is 0 Å². The van der Waals surface area contributed by atoms with Gasteiger partial charge in [-0.3, -0.25) is 0 Å². The summed E-state index contributed by atoms with van der Waals surface area (Å²) in [5.41, 5.74) is 2.36. The molecule has 0 aliphatic carbocycles. The van der Waals surface area contributed by atoms with Gasteiger partial charge in [0.05, 0.1) is 12.2 Å². The highest BCUT2D eigenvalue weighted by Gasteiger charge is 2.31. The number of nitrogens with one attached hydrogen (secondary N) is 1. The first kappa shape index (κ1) is 26.1. The molecule has 36 heavy (non-hydrogen) atoms. The maximum absolute atomic E-state index is 13.3. The largest absolute Gasteiger partial charge is 0.462 e. The van der Waals surface area contributed by atoms with Crippen molar-refractivity contribution in [3.63, 3.8) is 0 Å². The van der Waals surface area contributed by atoms with E-state index in [2.05, 4.69) is 17.1 Å². The van der Waals surface area contributed by atoms with Crippen LogP contribution in [0.15, 0.2) is 48.5 Å². The van der Waals surface area contributed by atoms with Gasteiger partial charge in [-0.1, -0.05) is 19.1 Å². The minimum absolute atomic E-state index is 0.0802. The molecule has 7 heteroatoms. The Morgan fingerprint density at radius 2 is 1.69 bits per heavy atom. The van der Waals surface area contributed by atoms with Crippen molar-refractivity contribution in [2.75, 3.05) is 38.1 Å². The van der Waals surface area contributed by atoms with Gasteiger partial charge < -0.3 is 19.9 Å². The molecule has 2 aromatic rings. The van der Waals surface area contributed by atoms with E-state index in [1.807, 2.05) is 17.0 Å². The zero-order valence-electron chi connectivity index (χ0n) is 21.4. The lowest BCUT2D eigenvalue weighted by molar-refractivity contribution is 0.0526. The van der Waals surface area contributed by atoms with Gasteiger partial charge in [0.2, 0.25) is 0 Å². The number of likely N-dealkylation sites (tertiary alicyclic amines) is 2. The molecule has 2 heterocycles. The zero-order valence-corrected chi connectivity index (χ0v) is 21.4. The number of piperidine rings is 2. The number of nitrogens with zero attached hydrogens (tertiary/aromatic N) is 2. The summed E-state index contributed by atoms with van der Waals surface area (Å²) in [6.07, 6.45) is 5.40. The van der Waals surface area contributed by atoms with Gasteiger partial charge in [0.25, 0.3) is 0 Å². The normalized spacial score (nSPS) is 20.1. The summed E-state index contributed by atoms with van der Waals surface area (Å²) in [4.78, 5) is 29.5. The second-order valence-electron chi connectivity index (χ2n) is 10.0. The fourth-order valence-electron chi connectivity index (χ4n) is 5.53. The Labute approximate surface area is 213 Å². The maximum atomic E-state index is 13.3. The lowest BCUT2D eigenvalue weighted by atomic mass is 9.81. The molecule has 0 aromatic heterocycles. The highest BCUT2D eigenvalue weighted by atomic mass is 19.1. The number of anilines is 1. The molecule has 2 unspecified atom stereocenters. The number of benzene rings is 2. The van der Waals surface area contributed by atoms with E-state index >= 15 is 0 Å². The van der Waals surface area contributed by atoms with E-state index in [9.17, 15) is 14.0 Å². The molecule has 2 amide bonds. The number of ether oxygens (including phenoxy) is 1. The molecular weight excluding hydrogens is 457 g/mol. The standard InChI is InChI=1S/C29H38FN3O3/c1-3-36-28(34)24-9-13-26(14-10-24)31-29(35)33-17-5-4-6-27(33)20-32-18-15-23(16-19-32)21(2)22-7-11-25(30)12-8-22/h7-14,21,23,27H,3-6,15-20H2,1-2H3,(H,31,35). The highest BCUT2D eigenvalue weighted by molar-refractivity contribution is 5.92. The van der Waals surface area contributed by atoms with E-state index in [0.717, 1.165) is 58.3 Å². The third-order valence-electron chi connectivity index (χ3n) is 7.74. The van der Waals surface area contributed by atoms with Crippen LogP contribution in [0.25, 0.3) is 0 Å². The van der Waals surface area contributed by atoms with Crippen LogP contribution in [0.5, 0.6) is 0 Å². The van der Waals surface area contributed by atoms with Gasteiger partial charge in [-0.25, -0.2) is 14.0 Å². The predicted molar refractivity (Wildman–Crippen MR) is 140 cm³/mol. The van der Waals surface area contributed by atoms with Gasteiger partial charge in [0.1, 0.15) is 5.82 Å². The number of urea groups is 1. The van der Waals surface area contributed by atoms with Crippen molar-refractivity contribution in [1.29, 1.82) is 0 Å². The van der Waals surface area contributed by atoms with Crippen molar-refractivity contribution in [1.82, 2.24) is 9.80 Å². The highest BCUT2D eigenvalue weighted by Crippen LogP contribution is 2.33. The second kappa shape index (κ2) is 12.3. The van der Waals surface area contributed by atoms with Gasteiger partial charge in [0.15, 0.2) is 0 Å². The smallest absolute Gasteiger partial charge is 0.338 e. The van der Waals surface area contributed by atoms with Crippen LogP contribution in [-0.4, -0.2) is 60.6 Å². The van der Waals surface area contributed by atoms with E-state index in [0.29, 0.717) is 29.7 Å². The fraction of sp³-hybridized carbons (Fsp3) is 0.517. The Morgan fingerprint density at radius 3 is 2.36 bits per heavy atom. The molecule has 6 nitrogen and oxygen atoms in total. The first-order chi connectivity index (χ1) is 17.4. The molecular formula is C29H38FN3O3. The van der Waals surface area contributed by atoms with Crippen molar-refractivity contribution in [3.8, 4) is 0 Å². The molecule has 0 saturated carbocycles. The number of hydrogen-bond acceptors (Lipinski definition) is 4. The molecule has 2 aromatic carbocycles. The Balaban J connectivity index is 1.29. The van der Waals surface area contributed by atoms with E-state index in [-0.39, 0.29) is 23.9 Å². The van der Waals surface area contributed by atoms with Crippen molar-refractivity contribution < 1.29 is 18.7 Å². The van der Waals surface area contributed by atoms with Crippen molar-refractivity contribution in [2.45, 2.75) is 57.9 Å². The summed E-state index contributed by atoms with van der Waals surface area (Å²) in [5.74, 6) is 0.466. The van der Waals surface area contributed by atoms with E-state index < -0.39 is 0 Å². The first-order valence-electron chi connectivity index (χ1n) is 13.3. The van der Waals surface area contributed by atoms with Crippen LogP contribution in [0.4, 0.5) is 14.9 Å². The summed E-state index contributed by atoms with van der Waals surface area (Å²) >= 11 is 0. The quantitative estimate of drug-likeness (QED) is 0.486. The SMILES string of the molecule is CCOC(=O)c1ccc(NC(=O)N2CCCCC2CN2CCC(C(C)c3ccc(F)cc3)CC2)cc1. The molecule has 2 aliphatic rings. The lowest BCUT2D eigenvalue weighted by Gasteiger charge is -2.41. The van der Waals surface area contributed by atoms with E-state index in [1.54, 1.807) is 43.3 Å². The monoisotopic (exact) mass is 495 g/mol.